The molecule has 0 aromatic heterocycles. The van der Waals surface area contributed by atoms with Crippen molar-refractivity contribution in [1.82, 2.24) is 0 Å². The third-order valence-corrected chi connectivity index (χ3v) is 12.4. The Morgan fingerprint density at radius 1 is 0.284 bits per heavy atom. The Bertz CT molecular complexity index is 1600. The second-order valence-corrected chi connectivity index (χ2v) is 19.5. The van der Waals surface area contributed by atoms with E-state index in [9.17, 15) is 14.4 Å². The van der Waals surface area contributed by atoms with Crippen LogP contribution in [0.15, 0.2) is 134 Å². The van der Waals surface area contributed by atoms with E-state index >= 15 is 0 Å². The number of esters is 3. The van der Waals surface area contributed by atoms with Gasteiger partial charge in [0.15, 0.2) is 6.10 Å². The van der Waals surface area contributed by atoms with Crippen LogP contribution in [-0.2, 0) is 28.6 Å². The molecule has 6 heteroatoms. The summed E-state index contributed by atoms with van der Waals surface area (Å²) < 4.78 is 16.8. The summed E-state index contributed by atoms with van der Waals surface area (Å²) in [5, 5.41) is 0. The van der Waals surface area contributed by atoms with Gasteiger partial charge in [0.1, 0.15) is 13.2 Å². The molecule has 418 valence electrons. The van der Waals surface area contributed by atoms with E-state index < -0.39 is 6.10 Å². The van der Waals surface area contributed by atoms with Gasteiger partial charge in [-0.2, -0.15) is 0 Å². The fourth-order valence-corrected chi connectivity index (χ4v) is 7.82. The highest BCUT2D eigenvalue weighted by Gasteiger charge is 2.19. The maximum Gasteiger partial charge on any atom is 0.306 e. The van der Waals surface area contributed by atoms with Crippen molar-refractivity contribution in [3.05, 3.63) is 134 Å². The molecule has 0 fully saturated rings. The molecule has 0 spiro atoms. The molecule has 1 unspecified atom stereocenters. The Morgan fingerprint density at radius 2 is 0.541 bits per heavy atom. The lowest BCUT2D eigenvalue weighted by atomic mass is 10.1. The monoisotopic (exact) mass is 1020 g/mol. The van der Waals surface area contributed by atoms with E-state index in [0.717, 1.165) is 148 Å². The summed E-state index contributed by atoms with van der Waals surface area (Å²) in [5.74, 6) is -0.960. The number of allylic oxidation sites excluding steroid dienone is 22. The Hall–Kier alpha value is -4.45. The van der Waals surface area contributed by atoms with Crippen molar-refractivity contribution < 1.29 is 28.6 Å². The molecular formula is C68H110O6. The lowest BCUT2D eigenvalue weighted by molar-refractivity contribution is -0.167. The molecule has 0 aliphatic carbocycles. The first-order valence-corrected chi connectivity index (χ1v) is 30.2. The maximum absolute atomic E-state index is 12.9. The first kappa shape index (κ1) is 69.5. The van der Waals surface area contributed by atoms with Crippen LogP contribution in [0.1, 0.15) is 258 Å². The summed E-state index contributed by atoms with van der Waals surface area (Å²) in [6.45, 7) is 6.41. The molecule has 0 amide bonds. The molecule has 0 N–H and O–H groups in total. The van der Waals surface area contributed by atoms with E-state index in [0.29, 0.717) is 19.3 Å². The zero-order chi connectivity index (χ0) is 53.6. The third-order valence-electron chi connectivity index (χ3n) is 12.4. The molecule has 0 bridgehead atoms. The summed E-state index contributed by atoms with van der Waals surface area (Å²) >= 11 is 0. The third kappa shape index (κ3) is 58.4. The van der Waals surface area contributed by atoms with E-state index in [1.54, 1.807) is 0 Å². The summed E-state index contributed by atoms with van der Waals surface area (Å²) in [5.41, 5.74) is 0. The van der Waals surface area contributed by atoms with Crippen molar-refractivity contribution in [2.24, 2.45) is 0 Å². The standard InChI is InChI=1S/C68H110O6/c1-4-7-10-13-16-19-22-25-28-30-31-32-33-34-35-36-37-39-40-43-46-49-52-55-58-61-67(70)73-64-65(63-72-66(69)60-57-54-51-48-45-42-27-24-21-18-15-12-9-6-3)74-68(71)62-59-56-53-50-47-44-41-38-29-26-23-20-17-14-11-8-5-2/h7,10,15-20,24-29,31-32,34-35,37,39,43,46,65H,4-6,8-9,11-14,21-23,30,33,36,38,40-42,44-45,47-64H2,1-3H3/b10-7-,18-15-,19-16-,20-17-,27-24-,28-25-,29-26-,32-31-,35-34-,39-37-,46-43-. The first-order valence-electron chi connectivity index (χ1n) is 30.2. The van der Waals surface area contributed by atoms with Gasteiger partial charge >= 0.3 is 17.9 Å². The average molecular weight is 1020 g/mol. The molecule has 0 heterocycles. The van der Waals surface area contributed by atoms with Gasteiger partial charge in [0, 0.05) is 19.3 Å². The molecule has 0 saturated carbocycles. The zero-order valence-electron chi connectivity index (χ0n) is 47.8. The SMILES string of the molecule is CC/C=C\C/C=C\C/C=C\C/C=C\C/C=C\C/C=C\C/C=C\CCCCCC(=O)OCC(COC(=O)CCCCCCC/C=C\C/C=C\CCCC)OC(=O)CCCCCCCCC/C=C\C/C=C\CCCCC. The van der Waals surface area contributed by atoms with Gasteiger partial charge in [-0.1, -0.05) is 238 Å². The van der Waals surface area contributed by atoms with Gasteiger partial charge in [-0.25, -0.2) is 0 Å². The van der Waals surface area contributed by atoms with E-state index in [1.165, 1.54) is 70.6 Å². The van der Waals surface area contributed by atoms with Crippen molar-refractivity contribution in [1.29, 1.82) is 0 Å². The van der Waals surface area contributed by atoms with Crippen molar-refractivity contribution in [3.63, 3.8) is 0 Å². The molecular weight excluding hydrogens is 913 g/mol. The molecule has 0 aliphatic rings. The second kappa shape index (κ2) is 61.1. The van der Waals surface area contributed by atoms with Gasteiger partial charge in [-0.15, -0.1) is 0 Å². The normalized spacial score (nSPS) is 13.1. The van der Waals surface area contributed by atoms with Crippen LogP contribution < -0.4 is 0 Å². The number of carbonyl (C=O) groups is 3. The van der Waals surface area contributed by atoms with Crippen LogP contribution in [0.4, 0.5) is 0 Å². The molecule has 0 aromatic carbocycles. The summed E-state index contributed by atoms with van der Waals surface area (Å²) in [6, 6.07) is 0. The number of unbranched alkanes of at least 4 members (excludes halogenated alkanes) is 20. The van der Waals surface area contributed by atoms with Gasteiger partial charge in [0.05, 0.1) is 0 Å². The van der Waals surface area contributed by atoms with Gasteiger partial charge < -0.3 is 14.2 Å². The predicted molar refractivity (Wildman–Crippen MR) is 320 cm³/mol. The highest BCUT2D eigenvalue weighted by molar-refractivity contribution is 5.71. The number of hydrogen-bond acceptors (Lipinski definition) is 6. The molecule has 0 aromatic rings. The maximum atomic E-state index is 12.9. The quantitative estimate of drug-likeness (QED) is 0.0261. The van der Waals surface area contributed by atoms with Crippen LogP contribution in [0.2, 0.25) is 0 Å². The molecule has 0 radical (unpaired) electrons. The minimum atomic E-state index is -0.808. The highest BCUT2D eigenvalue weighted by Crippen LogP contribution is 2.14. The largest absolute Gasteiger partial charge is 0.462 e. The Kier molecular flexibility index (Phi) is 57.4. The fraction of sp³-hybridized carbons (Fsp3) is 0.632. The summed E-state index contributed by atoms with van der Waals surface area (Å²) in [7, 11) is 0. The van der Waals surface area contributed by atoms with Crippen molar-refractivity contribution in [3.8, 4) is 0 Å². The smallest absolute Gasteiger partial charge is 0.306 e. The van der Waals surface area contributed by atoms with Crippen LogP contribution in [-0.4, -0.2) is 37.2 Å². The lowest BCUT2D eigenvalue weighted by Gasteiger charge is -2.18. The lowest BCUT2D eigenvalue weighted by Crippen LogP contribution is -2.30. The molecule has 74 heavy (non-hydrogen) atoms. The first-order chi connectivity index (χ1) is 36.5. The average Bonchev–Trinajstić information content (AvgIpc) is 3.40. The molecule has 0 saturated heterocycles. The number of ether oxygens (including phenoxy) is 3. The van der Waals surface area contributed by atoms with Gasteiger partial charge in [-0.05, 0) is 135 Å². The van der Waals surface area contributed by atoms with E-state index in [-0.39, 0.29) is 31.1 Å². The fourth-order valence-electron chi connectivity index (χ4n) is 7.82. The van der Waals surface area contributed by atoms with Gasteiger partial charge in [-0.3, -0.25) is 14.4 Å². The van der Waals surface area contributed by atoms with Crippen molar-refractivity contribution in [2.45, 2.75) is 264 Å². The highest BCUT2D eigenvalue weighted by atomic mass is 16.6. The van der Waals surface area contributed by atoms with E-state index in [1.807, 2.05) is 0 Å². The van der Waals surface area contributed by atoms with Crippen LogP contribution in [0, 0.1) is 0 Å². The summed E-state index contributed by atoms with van der Waals surface area (Å²) in [6.07, 6.45) is 85.8. The Morgan fingerprint density at radius 3 is 0.878 bits per heavy atom. The van der Waals surface area contributed by atoms with E-state index in [2.05, 4.69) is 154 Å². The van der Waals surface area contributed by atoms with E-state index in [4.69, 9.17) is 14.2 Å². The van der Waals surface area contributed by atoms with Crippen molar-refractivity contribution in [2.75, 3.05) is 13.2 Å². The molecule has 0 rings (SSSR count). The van der Waals surface area contributed by atoms with Crippen LogP contribution in [0.5, 0.6) is 0 Å². The minimum Gasteiger partial charge on any atom is -0.462 e. The van der Waals surface area contributed by atoms with Crippen LogP contribution in [0.3, 0.4) is 0 Å². The predicted octanol–water partition coefficient (Wildman–Crippen LogP) is 20.6. The van der Waals surface area contributed by atoms with Crippen molar-refractivity contribution >= 4 is 17.9 Å². The Balaban J connectivity index is 4.47. The summed E-state index contributed by atoms with van der Waals surface area (Å²) in [4.78, 5) is 38.2. The zero-order valence-corrected chi connectivity index (χ0v) is 47.8. The number of hydrogen-bond donors (Lipinski definition) is 0. The number of rotatable bonds is 53. The Labute approximate surface area is 455 Å². The van der Waals surface area contributed by atoms with Gasteiger partial charge in [0.25, 0.3) is 0 Å². The second-order valence-electron chi connectivity index (χ2n) is 19.5. The minimum absolute atomic E-state index is 0.103. The van der Waals surface area contributed by atoms with Crippen LogP contribution in [0.25, 0.3) is 0 Å². The topological polar surface area (TPSA) is 78.9 Å². The van der Waals surface area contributed by atoms with Gasteiger partial charge in [0.2, 0.25) is 0 Å². The van der Waals surface area contributed by atoms with Crippen LogP contribution >= 0.6 is 0 Å². The number of carbonyl (C=O) groups excluding carboxylic acids is 3. The molecule has 0 aliphatic heterocycles. The molecule has 6 nitrogen and oxygen atoms in total. The molecule has 1 atom stereocenters.